The second-order valence-electron chi connectivity index (χ2n) is 4.33. The van der Waals surface area contributed by atoms with Crippen molar-refractivity contribution < 1.29 is 22.4 Å². The first-order valence-corrected chi connectivity index (χ1v) is 5.88. The van der Waals surface area contributed by atoms with Crippen LogP contribution in [0, 0.1) is 0 Å². The number of carbonyl (C=O) groups excluding carboxylic acids is 1. The number of likely N-dealkylation sites (tertiary alicyclic amines) is 1. The van der Waals surface area contributed by atoms with Gasteiger partial charge in [0.15, 0.2) is 0 Å². The van der Waals surface area contributed by atoms with Crippen molar-refractivity contribution in [1.82, 2.24) is 4.90 Å². The van der Waals surface area contributed by atoms with Gasteiger partial charge in [-0.2, -0.15) is 8.78 Å². The zero-order valence-electron chi connectivity index (χ0n) is 9.76. The lowest BCUT2D eigenvalue weighted by atomic mass is 10.1. The normalized spacial score (nSPS) is 22.7. The van der Waals surface area contributed by atoms with E-state index < -0.39 is 18.3 Å². The van der Waals surface area contributed by atoms with Gasteiger partial charge in [0, 0.05) is 12.6 Å². The highest BCUT2D eigenvalue weighted by atomic mass is 19.3. The van der Waals surface area contributed by atoms with Gasteiger partial charge in [0.2, 0.25) is 0 Å². The standard InChI is InChI=1S/C11H17F4NO/c1-2-8-6-4-3-5-7-16(8)10(17)11(14,15)9(12)13/h8-9H,2-7H2,1H3. The Bertz CT molecular complexity index is 270. The number of hydrogen-bond acceptors (Lipinski definition) is 1. The number of rotatable bonds is 3. The lowest BCUT2D eigenvalue weighted by Gasteiger charge is -2.32. The third kappa shape index (κ3) is 3.10. The van der Waals surface area contributed by atoms with Gasteiger partial charge in [-0.15, -0.1) is 0 Å². The summed E-state index contributed by atoms with van der Waals surface area (Å²) >= 11 is 0. The van der Waals surface area contributed by atoms with Crippen molar-refractivity contribution >= 4 is 5.91 Å². The summed E-state index contributed by atoms with van der Waals surface area (Å²) in [5, 5.41) is 0. The smallest absolute Gasteiger partial charge is 0.334 e. The molecule has 1 saturated heterocycles. The fraction of sp³-hybridized carbons (Fsp3) is 0.909. The zero-order valence-corrected chi connectivity index (χ0v) is 9.76. The molecule has 1 heterocycles. The van der Waals surface area contributed by atoms with Crippen LogP contribution in [0.25, 0.3) is 0 Å². The van der Waals surface area contributed by atoms with Crippen LogP contribution in [-0.2, 0) is 4.79 Å². The second-order valence-corrected chi connectivity index (χ2v) is 4.33. The molecule has 0 aromatic heterocycles. The van der Waals surface area contributed by atoms with Crippen LogP contribution in [0.5, 0.6) is 0 Å². The van der Waals surface area contributed by atoms with Gasteiger partial charge in [-0.05, 0) is 19.3 Å². The monoisotopic (exact) mass is 255 g/mol. The van der Waals surface area contributed by atoms with Gasteiger partial charge < -0.3 is 4.90 Å². The van der Waals surface area contributed by atoms with Crippen LogP contribution in [-0.4, -0.2) is 35.7 Å². The highest BCUT2D eigenvalue weighted by Gasteiger charge is 2.52. The van der Waals surface area contributed by atoms with Crippen molar-refractivity contribution in [1.29, 1.82) is 0 Å². The average molecular weight is 255 g/mol. The Morgan fingerprint density at radius 1 is 1.35 bits per heavy atom. The van der Waals surface area contributed by atoms with Crippen LogP contribution >= 0.6 is 0 Å². The van der Waals surface area contributed by atoms with Gasteiger partial charge in [0.25, 0.3) is 5.91 Å². The molecular formula is C11H17F4NO. The number of hydrogen-bond donors (Lipinski definition) is 0. The molecule has 0 saturated carbocycles. The molecule has 1 atom stereocenters. The molecule has 0 N–H and O–H groups in total. The molecule has 0 bridgehead atoms. The molecule has 0 spiro atoms. The fourth-order valence-corrected chi connectivity index (χ4v) is 2.15. The summed E-state index contributed by atoms with van der Waals surface area (Å²) in [5.74, 6) is -6.28. The predicted molar refractivity (Wildman–Crippen MR) is 55.2 cm³/mol. The summed E-state index contributed by atoms with van der Waals surface area (Å²) in [5.41, 5.74) is 0. The molecule has 1 aliphatic heterocycles. The Kier molecular flexibility index (Phi) is 4.77. The van der Waals surface area contributed by atoms with E-state index in [2.05, 4.69) is 0 Å². The minimum atomic E-state index is -4.56. The van der Waals surface area contributed by atoms with Crippen molar-refractivity contribution in [2.45, 2.75) is 57.4 Å². The Morgan fingerprint density at radius 3 is 2.53 bits per heavy atom. The van der Waals surface area contributed by atoms with E-state index in [-0.39, 0.29) is 12.6 Å². The van der Waals surface area contributed by atoms with Crippen molar-refractivity contribution in [3.05, 3.63) is 0 Å². The molecule has 1 amide bonds. The van der Waals surface area contributed by atoms with Gasteiger partial charge in [-0.1, -0.05) is 19.8 Å². The first-order valence-electron chi connectivity index (χ1n) is 5.88. The van der Waals surface area contributed by atoms with Gasteiger partial charge in [0.05, 0.1) is 0 Å². The molecule has 1 fully saturated rings. The Morgan fingerprint density at radius 2 is 2.00 bits per heavy atom. The Labute approximate surface area is 98.0 Å². The molecule has 0 aromatic carbocycles. The SMILES string of the molecule is CCC1CCCCCN1C(=O)C(F)(F)C(F)F. The van der Waals surface area contributed by atoms with Crippen LogP contribution in [0.4, 0.5) is 17.6 Å². The topological polar surface area (TPSA) is 20.3 Å². The molecule has 0 aliphatic carbocycles. The highest BCUT2D eigenvalue weighted by molar-refractivity contribution is 5.84. The van der Waals surface area contributed by atoms with E-state index in [1.807, 2.05) is 0 Å². The van der Waals surface area contributed by atoms with E-state index in [1.54, 1.807) is 6.92 Å². The molecule has 1 aliphatic rings. The quantitative estimate of drug-likeness (QED) is 0.710. The molecule has 100 valence electrons. The first-order chi connectivity index (χ1) is 7.91. The molecular weight excluding hydrogens is 238 g/mol. The van der Waals surface area contributed by atoms with Crippen LogP contribution < -0.4 is 0 Å². The van der Waals surface area contributed by atoms with E-state index in [4.69, 9.17) is 0 Å². The molecule has 1 rings (SSSR count). The van der Waals surface area contributed by atoms with Crippen molar-refractivity contribution in [2.75, 3.05) is 6.54 Å². The lowest BCUT2D eigenvalue weighted by molar-refractivity contribution is -0.182. The number of halogens is 4. The summed E-state index contributed by atoms with van der Waals surface area (Å²) in [6, 6.07) is -0.338. The highest BCUT2D eigenvalue weighted by Crippen LogP contribution is 2.29. The summed E-state index contributed by atoms with van der Waals surface area (Å²) in [7, 11) is 0. The fourth-order valence-electron chi connectivity index (χ4n) is 2.15. The van der Waals surface area contributed by atoms with E-state index in [1.165, 1.54) is 0 Å². The summed E-state index contributed by atoms with van der Waals surface area (Å²) in [6.07, 6.45) is -0.507. The van der Waals surface area contributed by atoms with E-state index in [0.29, 0.717) is 19.3 Å². The number of carbonyl (C=O) groups is 1. The van der Waals surface area contributed by atoms with Crippen LogP contribution in [0.3, 0.4) is 0 Å². The predicted octanol–water partition coefficient (Wildman–Crippen LogP) is 3.07. The second kappa shape index (κ2) is 5.69. The third-order valence-electron chi connectivity index (χ3n) is 3.17. The minimum absolute atomic E-state index is 0.152. The number of alkyl halides is 4. The van der Waals surface area contributed by atoms with Crippen molar-refractivity contribution in [3.63, 3.8) is 0 Å². The number of amides is 1. The first kappa shape index (κ1) is 14.3. The Balaban J connectivity index is 2.83. The molecule has 2 nitrogen and oxygen atoms in total. The lowest BCUT2D eigenvalue weighted by Crippen LogP contribution is -2.51. The molecule has 0 aromatic rings. The third-order valence-corrected chi connectivity index (χ3v) is 3.17. The van der Waals surface area contributed by atoms with E-state index in [0.717, 1.165) is 17.7 Å². The van der Waals surface area contributed by atoms with Gasteiger partial charge in [-0.3, -0.25) is 4.79 Å². The van der Waals surface area contributed by atoms with Crippen molar-refractivity contribution in [3.8, 4) is 0 Å². The summed E-state index contributed by atoms with van der Waals surface area (Å²) in [4.78, 5) is 12.4. The largest absolute Gasteiger partial charge is 0.383 e. The van der Waals surface area contributed by atoms with Gasteiger partial charge in [0.1, 0.15) is 0 Å². The van der Waals surface area contributed by atoms with E-state index >= 15 is 0 Å². The molecule has 17 heavy (non-hydrogen) atoms. The van der Waals surface area contributed by atoms with Crippen LogP contribution in [0.15, 0.2) is 0 Å². The molecule has 1 unspecified atom stereocenters. The zero-order chi connectivity index (χ0) is 13.1. The molecule has 6 heteroatoms. The average Bonchev–Trinajstić information content (AvgIpc) is 2.52. The molecule has 0 radical (unpaired) electrons. The summed E-state index contributed by atoms with van der Waals surface area (Å²) in [6.45, 7) is 1.93. The van der Waals surface area contributed by atoms with Crippen LogP contribution in [0.2, 0.25) is 0 Å². The van der Waals surface area contributed by atoms with Crippen LogP contribution in [0.1, 0.15) is 39.0 Å². The minimum Gasteiger partial charge on any atom is -0.334 e. The Hall–Kier alpha value is -0.810. The maximum atomic E-state index is 13.0. The number of nitrogens with zero attached hydrogens (tertiary/aromatic N) is 1. The van der Waals surface area contributed by atoms with Gasteiger partial charge in [-0.25, -0.2) is 8.78 Å². The maximum Gasteiger partial charge on any atom is 0.383 e. The van der Waals surface area contributed by atoms with E-state index in [9.17, 15) is 22.4 Å². The van der Waals surface area contributed by atoms with Gasteiger partial charge >= 0.3 is 12.3 Å². The summed E-state index contributed by atoms with van der Waals surface area (Å²) < 4.78 is 50.4. The van der Waals surface area contributed by atoms with Crippen molar-refractivity contribution in [2.24, 2.45) is 0 Å². The maximum absolute atomic E-state index is 13.0.